The van der Waals surface area contributed by atoms with Crippen molar-refractivity contribution in [1.29, 1.82) is 0 Å². The largest absolute Gasteiger partial charge is 0.352 e. The van der Waals surface area contributed by atoms with E-state index in [1.807, 2.05) is 30.9 Å². The number of halogens is 1. The van der Waals surface area contributed by atoms with Crippen LogP contribution in [0.15, 0.2) is 42.5 Å². The molecular formula is C27H36FN3O2. The molecule has 3 rings (SSSR count). The Morgan fingerprint density at radius 3 is 2.52 bits per heavy atom. The predicted octanol–water partition coefficient (Wildman–Crippen LogP) is 4.84. The Morgan fingerprint density at radius 1 is 1.03 bits per heavy atom. The second-order valence-corrected chi connectivity index (χ2v) is 9.06. The van der Waals surface area contributed by atoms with Gasteiger partial charge in [-0.2, -0.15) is 0 Å². The molecule has 0 fully saturated rings. The van der Waals surface area contributed by atoms with Gasteiger partial charge in [0.15, 0.2) is 0 Å². The zero-order valence-corrected chi connectivity index (χ0v) is 19.8. The summed E-state index contributed by atoms with van der Waals surface area (Å²) in [5, 5.41) is 6.44. The van der Waals surface area contributed by atoms with Crippen LogP contribution in [-0.4, -0.2) is 31.4 Å². The third kappa shape index (κ3) is 7.39. The first-order valence-electron chi connectivity index (χ1n) is 12.1. The van der Waals surface area contributed by atoms with Gasteiger partial charge in [0, 0.05) is 36.8 Å². The normalized spacial score (nSPS) is 15.3. The zero-order chi connectivity index (χ0) is 23.6. The van der Waals surface area contributed by atoms with Gasteiger partial charge in [-0.1, -0.05) is 45.2 Å². The van der Waals surface area contributed by atoms with Gasteiger partial charge in [0.2, 0.25) is 5.91 Å². The molecule has 0 bridgehead atoms. The number of amides is 2. The molecule has 0 radical (unpaired) electrons. The van der Waals surface area contributed by atoms with Gasteiger partial charge in [-0.15, -0.1) is 0 Å². The van der Waals surface area contributed by atoms with E-state index in [2.05, 4.69) is 10.6 Å². The first-order chi connectivity index (χ1) is 16.0. The summed E-state index contributed by atoms with van der Waals surface area (Å²) >= 11 is 0. The SMILES string of the molecule is CC(C)C(=O)N1CCCCCCCNCc2cc(C(=O)NCCc3ccc(F)cc3)ccc21. The molecule has 2 aromatic carbocycles. The monoisotopic (exact) mass is 453 g/mol. The zero-order valence-electron chi connectivity index (χ0n) is 19.8. The Balaban J connectivity index is 1.75. The summed E-state index contributed by atoms with van der Waals surface area (Å²) in [7, 11) is 0. The van der Waals surface area contributed by atoms with Crippen LogP contribution in [0.4, 0.5) is 10.1 Å². The molecule has 1 aliphatic rings. The topological polar surface area (TPSA) is 61.4 Å². The third-order valence-corrected chi connectivity index (χ3v) is 6.06. The van der Waals surface area contributed by atoms with Crippen LogP contribution < -0.4 is 15.5 Å². The van der Waals surface area contributed by atoms with E-state index < -0.39 is 0 Å². The summed E-state index contributed by atoms with van der Waals surface area (Å²) in [6, 6.07) is 11.9. The quantitative estimate of drug-likeness (QED) is 0.681. The fourth-order valence-corrected chi connectivity index (χ4v) is 4.14. The lowest BCUT2D eigenvalue weighted by Crippen LogP contribution is -2.36. The van der Waals surface area contributed by atoms with Crippen molar-refractivity contribution >= 4 is 17.5 Å². The molecule has 2 aromatic rings. The molecule has 2 N–H and O–H groups in total. The minimum Gasteiger partial charge on any atom is -0.352 e. The molecule has 1 aliphatic heterocycles. The van der Waals surface area contributed by atoms with Crippen LogP contribution in [0.5, 0.6) is 0 Å². The van der Waals surface area contributed by atoms with Crippen LogP contribution in [0.2, 0.25) is 0 Å². The molecule has 0 saturated carbocycles. The highest BCUT2D eigenvalue weighted by molar-refractivity contribution is 5.98. The molecule has 1 heterocycles. The van der Waals surface area contributed by atoms with Crippen LogP contribution >= 0.6 is 0 Å². The molecule has 6 heteroatoms. The molecule has 0 spiro atoms. The molecule has 33 heavy (non-hydrogen) atoms. The van der Waals surface area contributed by atoms with Crippen LogP contribution in [0.3, 0.4) is 0 Å². The van der Waals surface area contributed by atoms with Gasteiger partial charge in [-0.3, -0.25) is 9.59 Å². The second kappa shape index (κ2) is 12.5. The number of rotatable bonds is 5. The summed E-state index contributed by atoms with van der Waals surface area (Å²) in [5.41, 5.74) is 3.42. The maximum atomic E-state index is 13.1. The van der Waals surface area contributed by atoms with Crippen LogP contribution in [-0.2, 0) is 17.8 Å². The van der Waals surface area contributed by atoms with E-state index in [1.165, 1.54) is 25.0 Å². The van der Waals surface area contributed by atoms with Gasteiger partial charge in [-0.05, 0) is 67.3 Å². The highest BCUT2D eigenvalue weighted by Gasteiger charge is 2.22. The fraction of sp³-hybridized carbons (Fsp3) is 0.481. The van der Waals surface area contributed by atoms with Crippen molar-refractivity contribution in [3.63, 3.8) is 0 Å². The fourth-order valence-electron chi connectivity index (χ4n) is 4.14. The minimum absolute atomic E-state index is 0.0897. The van der Waals surface area contributed by atoms with Crippen LogP contribution in [0.1, 0.15) is 67.4 Å². The van der Waals surface area contributed by atoms with Crippen molar-refractivity contribution in [2.24, 2.45) is 5.92 Å². The van der Waals surface area contributed by atoms with E-state index in [1.54, 1.807) is 18.2 Å². The number of hydrogen-bond acceptors (Lipinski definition) is 3. The van der Waals surface area contributed by atoms with Crippen LogP contribution in [0, 0.1) is 11.7 Å². The minimum atomic E-state index is -0.264. The summed E-state index contributed by atoms with van der Waals surface area (Å²) in [4.78, 5) is 27.7. The molecule has 0 saturated heterocycles. The van der Waals surface area contributed by atoms with Crippen molar-refractivity contribution in [3.8, 4) is 0 Å². The summed E-state index contributed by atoms with van der Waals surface area (Å²) in [6.07, 6.45) is 6.25. The number of benzene rings is 2. The lowest BCUT2D eigenvalue weighted by atomic mass is 10.0. The van der Waals surface area contributed by atoms with Gasteiger partial charge < -0.3 is 15.5 Å². The summed E-state index contributed by atoms with van der Waals surface area (Å²) in [6.45, 7) is 6.57. The Bertz CT molecular complexity index is 927. The molecular weight excluding hydrogens is 417 g/mol. The number of carbonyl (C=O) groups excluding carboxylic acids is 2. The van der Waals surface area contributed by atoms with Gasteiger partial charge in [0.05, 0.1) is 0 Å². The molecule has 0 aromatic heterocycles. The van der Waals surface area contributed by atoms with E-state index in [0.717, 1.165) is 42.6 Å². The smallest absolute Gasteiger partial charge is 0.251 e. The van der Waals surface area contributed by atoms with Crippen molar-refractivity contribution in [1.82, 2.24) is 10.6 Å². The van der Waals surface area contributed by atoms with Gasteiger partial charge in [-0.25, -0.2) is 4.39 Å². The second-order valence-electron chi connectivity index (χ2n) is 9.06. The lowest BCUT2D eigenvalue weighted by molar-refractivity contribution is -0.121. The number of anilines is 1. The Labute approximate surface area is 196 Å². The number of carbonyl (C=O) groups is 2. The first-order valence-corrected chi connectivity index (χ1v) is 12.1. The lowest BCUT2D eigenvalue weighted by Gasteiger charge is -2.28. The third-order valence-electron chi connectivity index (χ3n) is 6.06. The maximum Gasteiger partial charge on any atom is 0.251 e. The van der Waals surface area contributed by atoms with Gasteiger partial charge in [0.1, 0.15) is 5.82 Å². The first kappa shape index (κ1) is 24.9. The maximum absolute atomic E-state index is 13.1. The van der Waals surface area contributed by atoms with E-state index in [-0.39, 0.29) is 23.5 Å². The van der Waals surface area contributed by atoms with Crippen molar-refractivity contribution in [2.45, 2.75) is 58.9 Å². The van der Waals surface area contributed by atoms with Crippen molar-refractivity contribution in [2.75, 3.05) is 24.5 Å². The molecule has 2 amide bonds. The predicted molar refractivity (Wildman–Crippen MR) is 131 cm³/mol. The Morgan fingerprint density at radius 2 is 1.76 bits per heavy atom. The van der Waals surface area contributed by atoms with E-state index in [9.17, 15) is 14.0 Å². The van der Waals surface area contributed by atoms with E-state index >= 15 is 0 Å². The molecule has 0 atom stereocenters. The average Bonchev–Trinajstić information content (AvgIpc) is 2.80. The highest BCUT2D eigenvalue weighted by Crippen LogP contribution is 2.25. The molecule has 5 nitrogen and oxygen atoms in total. The molecule has 0 aliphatic carbocycles. The number of nitrogens with one attached hydrogen (secondary N) is 2. The summed E-state index contributed by atoms with van der Waals surface area (Å²) < 4.78 is 13.1. The Kier molecular flexibility index (Phi) is 9.43. The standard InChI is InChI=1S/C27H36FN3O2/c1-20(2)27(33)31-17-7-5-3-4-6-15-29-19-23-18-22(10-13-25(23)31)26(32)30-16-14-21-8-11-24(28)12-9-21/h8-13,18,20,29H,3-7,14-17,19H2,1-2H3,(H,30,32). The van der Waals surface area contributed by atoms with Crippen molar-refractivity contribution in [3.05, 3.63) is 65.0 Å². The number of hydrogen-bond donors (Lipinski definition) is 2. The van der Waals surface area contributed by atoms with Gasteiger partial charge >= 0.3 is 0 Å². The van der Waals surface area contributed by atoms with Crippen LogP contribution in [0.25, 0.3) is 0 Å². The van der Waals surface area contributed by atoms with E-state index in [0.29, 0.717) is 31.6 Å². The van der Waals surface area contributed by atoms with E-state index in [4.69, 9.17) is 0 Å². The highest BCUT2D eigenvalue weighted by atomic mass is 19.1. The van der Waals surface area contributed by atoms with Gasteiger partial charge in [0.25, 0.3) is 5.91 Å². The average molecular weight is 454 g/mol. The van der Waals surface area contributed by atoms with Crippen molar-refractivity contribution < 1.29 is 14.0 Å². The number of nitrogens with zero attached hydrogens (tertiary/aromatic N) is 1. The number of fused-ring (bicyclic) bond motifs is 1. The molecule has 0 unspecified atom stereocenters. The Hall–Kier alpha value is -2.73. The summed E-state index contributed by atoms with van der Waals surface area (Å²) in [5.74, 6) is -0.384. The molecule has 178 valence electrons.